The number of benzene rings is 2. The lowest BCUT2D eigenvalue weighted by Gasteiger charge is -2.35. The van der Waals surface area contributed by atoms with E-state index in [-0.39, 0.29) is 24.1 Å². The summed E-state index contributed by atoms with van der Waals surface area (Å²) in [4.78, 5) is 22.2. The number of carbonyl (C=O) groups excluding carboxylic acids is 1. The van der Waals surface area contributed by atoms with Gasteiger partial charge < -0.3 is 24.2 Å². The number of ketones is 1. The Balaban J connectivity index is 1.23. The molecule has 3 aliphatic rings. The number of phenols is 1. The molecule has 3 aliphatic heterocycles. The maximum Gasteiger partial charge on any atom is 0.232 e. The second-order valence-corrected chi connectivity index (χ2v) is 8.90. The van der Waals surface area contributed by atoms with Gasteiger partial charge in [0.2, 0.25) is 12.6 Å². The summed E-state index contributed by atoms with van der Waals surface area (Å²) >= 11 is 0. The molecule has 0 radical (unpaired) electrons. The van der Waals surface area contributed by atoms with Crippen molar-refractivity contribution in [1.82, 2.24) is 9.88 Å². The SMILES string of the molecule is Cc1cc(O)c(CN2CCN(c3ccccn3)CC2)c2c1C(=O)/C(=C/c1ccc3c(c1)OCO3)O2. The van der Waals surface area contributed by atoms with Crippen LogP contribution in [0.2, 0.25) is 0 Å². The van der Waals surface area contributed by atoms with E-state index in [1.54, 1.807) is 18.3 Å². The summed E-state index contributed by atoms with van der Waals surface area (Å²) in [5.74, 6) is 2.93. The van der Waals surface area contributed by atoms with Crippen molar-refractivity contribution in [2.24, 2.45) is 0 Å². The highest BCUT2D eigenvalue weighted by Gasteiger charge is 2.34. The number of Topliss-reactive ketones (excluding diaryl/α,β-unsaturated/α-hetero) is 1. The van der Waals surface area contributed by atoms with Crippen LogP contribution >= 0.6 is 0 Å². The number of nitrogens with zero attached hydrogens (tertiary/aromatic N) is 3. The first-order valence-electron chi connectivity index (χ1n) is 11.6. The summed E-state index contributed by atoms with van der Waals surface area (Å²) in [6.45, 7) is 5.79. The fourth-order valence-electron chi connectivity index (χ4n) is 4.79. The number of hydrogen-bond donors (Lipinski definition) is 1. The van der Waals surface area contributed by atoms with Crippen LogP contribution in [-0.2, 0) is 6.54 Å². The first kappa shape index (κ1) is 21.5. The molecule has 4 heterocycles. The van der Waals surface area contributed by atoms with Crippen molar-refractivity contribution >= 4 is 17.7 Å². The molecule has 2 aromatic carbocycles. The van der Waals surface area contributed by atoms with Crippen LogP contribution in [0.5, 0.6) is 23.0 Å². The Bertz CT molecular complexity index is 1330. The van der Waals surface area contributed by atoms with Crippen LogP contribution in [0, 0.1) is 6.92 Å². The molecule has 178 valence electrons. The van der Waals surface area contributed by atoms with Crippen molar-refractivity contribution in [3.63, 3.8) is 0 Å². The van der Waals surface area contributed by atoms with E-state index in [1.807, 2.05) is 43.3 Å². The smallest absolute Gasteiger partial charge is 0.232 e. The van der Waals surface area contributed by atoms with Crippen LogP contribution in [0.3, 0.4) is 0 Å². The Morgan fingerprint density at radius 1 is 1.06 bits per heavy atom. The van der Waals surface area contributed by atoms with Crippen molar-refractivity contribution in [2.45, 2.75) is 13.5 Å². The van der Waals surface area contributed by atoms with Crippen molar-refractivity contribution in [2.75, 3.05) is 37.9 Å². The minimum absolute atomic E-state index is 0.144. The largest absolute Gasteiger partial charge is 0.507 e. The van der Waals surface area contributed by atoms with Gasteiger partial charge in [-0.25, -0.2) is 4.98 Å². The second kappa shape index (κ2) is 8.63. The number of piperazine rings is 1. The minimum atomic E-state index is -0.184. The highest BCUT2D eigenvalue weighted by Crippen LogP contribution is 2.43. The normalized spacial score (nSPS) is 18.1. The number of aryl methyl sites for hydroxylation is 1. The van der Waals surface area contributed by atoms with E-state index < -0.39 is 0 Å². The third-order valence-electron chi connectivity index (χ3n) is 6.64. The van der Waals surface area contributed by atoms with Gasteiger partial charge in [-0.3, -0.25) is 9.69 Å². The molecule has 8 nitrogen and oxygen atoms in total. The summed E-state index contributed by atoms with van der Waals surface area (Å²) in [5, 5.41) is 10.8. The second-order valence-electron chi connectivity index (χ2n) is 8.90. The number of allylic oxidation sites excluding steroid dienone is 1. The molecule has 0 atom stereocenters. The van der Waals surface area contributed by atoms with Crippen LogP contribution < -0.4 is 19.1 Å². The number of aromatic nitrogens is 1. The van der Waals surface area contributed by atoms with Gasteiger partial charge in [-0.2, -0.15) is 0 Å². The van der Waals surface area contributed by atoms with E-state index in [0.717, 1.165) is 37.6 Å². The highest BCUT2D eigenvalue weighted by molar-refractivity contribution is 6.15. The maximum absolute atomic E-state index is 13.3. The number of rotatable bonds is 4. The lowest BCUT2D eigenvalue weighted by atomic mass is 9.99. The lowest BCUT2D eigenvalue weighted by Crippen LogP contribution is -2.46. The molecule has 1 N–H and O–H groups in total. The van der Waals surface area contributed by atoms with Gasteiger partial charge in [0.05, 0.1) is 11.1 Å². The van der Waals surface area contributed by atoms with Crippen LogP contribution in [-0.4, -0.2) is 53.7 Å². The fraction of sp³-hybridized carbons (Fsp3) is 0.259. The Morgan fingerprint density at radius 3 is 2.69 bits per heavy atom. The number of carbonyl (C=O) groups is 1. The molecule has 1 fully saturated rings. The number of aromatic hydroxyl groups is 1. The zero-order chi connectivity index (χ0) is 23.9. The molecule has 0 unspecified atom stereocenters. The summed E-state index contributed by atoms with van der Waals surface area (Å²) in [6, 6.07) is 13.1. The molecular formula is C27H25N3O5. The van der Waals surface area contributed by atoms with E-state index in [0.29, 0.717) is 40.5 Å². The maximum atomic E-state index is 13.3. The van der Waals surface area contributed by atoms with E-state index in [1.165, 1.54) is 0 Å². The van der Waals surface area contributed by atoms with Gasteiger partial charge in [0.1, 0.15) is 17.3 Å². The molecule has 8 heteroatoms. The van der Waals surface area contributed by atoms with Gasteiger partial charge in [0, 0.05) is 38.9 Å². The van der Waals surface area contributed by atoms with Crippen LogP contribution in [0.4, 0.5) is 5.82 Å². The van der Waals surface area contributed by atoms with Gasteiger partial charge in [0.25, 0.3) is 0 Å². The Kier molecular flexibility index (Phi) is 5.30. The highest BCUT2D eigenvalue weighted by atomic mass is 16.7. The molecule has 0 bridgehead atoms. The Hall–Kier alpha value is -4.04. The van der Waals surface area contributed by atoms with Crippen molar-refractivity contribution in [1.29, 1.82) is 0 Å². The molecule has 0 amide bonds. The zero-order valence-electron chi connectivity index (χ0n) is 19.4. The minimum Gasteiger partial charge on any atom is -0.507 e. The van der Waals surface area contributed by atoms with Crippen LogP contribution in [0.1, 0.15) is 27.0 Å². The molecule has 0 spiro atoms. The van der Waals surface area contributed by atoms with E-state index >= 15 is 0 Å². The summed E-state index contributed by atoms with van der Waals surface area (Å²) in [5.41, 5.74) is 2.62. The van der Waals surface area contributed by atoms with Crippen LogP contribution in [0.15, 0.2) is 54.4 Å². The summed E-state index contributed by atoms with van der Waals surface area (Å²) < 4.78 is 16.9. The standard InChI is InChI=1S/C27H25N3O5/c1-17-12-20(31)19(15-29-8-10-30(11-9-29)24-4-2-3-7-28-24)27-25(17)26(32)23(35-27)14-18-5-6-21-22(13-18)34-16-33-21/h2-7,12-14,31H,8-11,15-16H2,1H3/b23-14-. The summed E-state index contributed by atoms with van der Waals surface area (Å²) in [7, 11) is 0. The van der Waals surface area contributed by atoms with Gasteiger partial charge in [-0.05, 0) is 54.5 Å². The number of ether oxygens (including phenoxy) is 3. The van der Waals surface area contributed by atoms with Gasteiger partial charge in [-0.1, -0.05) is 12.1 Å². The molecule has 0 aliphatic carbocycles. The molecule has 0 saturated carbocycles. The van der Waals surface area contributed by atoms with Gasteiger partial charge in [-0.15, -0.1) is 0 Å². The lowest BCUT2D eigenvalue weighted by molar-refractivity contribution is 0.101. The average molecular weight is 472 g/mol. The number of fused-ring (bicyclic) bond motifs is 2. The van der Waals surface area contributed by atoms with Gasteiger partial charge >= 0.3 is 0 Å². The Morgan fingerprint density at radius 2 is 1.89 bits per heavy atom. The van der Waals surface area contributed by atoms with Gasteiger partial charge in [0.15, 0.2) is 17.3 Å². The first-order valence-corrected chi connectivity index (χ1v) is 11.6. The average Bonchev–Trinajstić information content (AvgIpc) is 3.47. The predicted octanol–water partition coefficient (Wildman–Crippen LogP) is 3.76. The van der Waals surface area contributed by atoms with Crippen molar-refractivity contribution in [3.05, 3.63) is 76.7 Å². The molecule has 3 aromatic rings. The van der Waals surface area contributed by atoms with E-state index in [4.69, 9.17) is 14.2 Å². The first-order chi connectivity index (χ1) is 17.1. The third-order valence-corrected chi connectivity index (χ3v) is 6.64. The van der Waals surface area contributed by atoms with Crippen LogP contribution in [0.25, 0.3) is 6.08 Å². The number of hydrogen-bond acceptors (Lipinski definition) is 8. The fourth-order valence-corrected chi connectivity index (χ4v) is 4.79. The molecule has 6 rings (SSSR count). The molecule has 35 heavy (non-hydrogen) atoms. The van der Waals surface area contributed by atoms with E-state index in [2.05, 4.69) is 14.8 Å². The Labute approximate surface area is 203 Å². The zero-order valence-corrected chi connectivity index (χ0v) is 19.4. The molecule has 1 saturated heterocycles. The topological polar surface area (TPSA) is 84.4 Å². The quantitative estimate of drug-likeness (QED) is 0.576. The number of anilines is 1. The number of phenolic OH excluding ortho intramolecular Hbond substituents is 1. The summed E-state index contributed by atoms with van der Waals surface area (Å²) in [6.07, 6.45) is 3.51. The number of pyridine rings is 1. The van der Waals surface area contributed by atoms with Crippen molar-refractivity contribution in [3.8, 4) is 23.0 Å². The molecular weight excluding hydrogens is 446 g/mol. The van der Waals surface area contributed by atoms with E-state index in [9.17, 15) is 9.90 Å². The molecule has 1 aromatic heterocycles. The predicted molar refractivity (Wildman–Crippen MR) is 130 cm³/mol. The monoisotopic (exact) mass is 471 g/mol. The third kappa shape index (κ3) is 3.95. The van der Waals surface area contributed by atoms with Crippen molar-refractivity contribution < 1.29 is 24.1 Å².